The van der Waals surface area contributed by atoms with E-state index in [1.54, 1.807) is 0 Å². The Labute approximate surface area is 121 Å². The summed E-state index contributed by atoms with van der Waals surface area (Å²) in [5, 5.41) is 12.1. The lowest BCUT2D eigenvalue weighted by atomic mass is 9.83. The molecule has 0 heterocycles. The van der Waals surface area contributed by atoms with E-state index in [9.17, 15) is 0 Å². The number of nitriles is 1. The molecule has 0 bridgehead atoms. The van der Waals surface area contributed by atoms with Crippen LogP contribution in [0.2, 0.25) is 0 Å². The highest BCUT2D eigenvalue weighted by atomic mass is 16.5. The highest BCUT2D eigenvalue weighted by Crippen LogP contribution is 2.29. The molecule has 3 heteroatoms. The van der Waals surface area contributed by atoms with E-state index in [0.29, 0.717) is 6.04 Å². The molecule has 2 rings (SSSR count). The van der Waals surface area contributed by atoms with Gasteiger partial charge in [-0.2, -0.15) is 5.26 Å². The zero-order valence-corrected chi connectivity index (χ0v) is 12.3. The molecule has 1 aliphatic carbocycles. The fourth-order valence-electron chi connectivity index (χ4n) is 3.00. The Balaban J connectivity index is 1.78. The van der Waals surface area contributed by atoms with Gasteiger partial charge in [0.1, 0.15) is 11.8 Å². The summed E-state index contributed by atoms with van der Waals surface area (Å²) in [6, 6.07) is 10.5. The number of nitrogens with zero attached hydrogens (tertiary/aromatic N) is 1. The van der Waals surface area contributed by atoms with E-state index in [1.807, 2.05) is 30.3 Å². The summed E-state index contributed by atoms with van der Waals surface area (Å²) in [5.74, 6) is 1.70. The van der Waals surface area contributed by atoms with Gasteiger partial charge in [-0.05, 0) is 55.9 Å². The van der Waals surface area contributed by atoms with Gasteiger partial charge in [-0.1, -0.05) is 19.8 Å². The van der Waals surface area contributed by atoms with Crippen molar-refractivity contribution in [2.24, 2.45) is 5.92 Å². The summed E-state index contributed by atoms with van der Waals surface area (Å²) in [6.45, 7) is 2.38. The topological polar surface area (TPSA) is 45.0 Å². The van der Waals surface area contributed by atoms with E-state index in [-0.39, 0.29) is 6.61 Å². The molecule has 1 aromatic carbocycles. The maximum Gasteiger partial charge on any atom is 0.174 e. The zero-order valence-electron chi connectivity index (χ0n) is 12.3. The molecule has 0 spiro atoms. The Morgan fingerprint density at radius 1 is 1.20 bits per heavy atom. The second-order valence-corrected chi connectivity index (χ2v) is 5.62. The van der Waals surface area contributed by atoms with E-state index in [4.69, 9.17) is 10.00 Å². The summed E-state index contributed by atoms with van der Waals surface area (Å²) < 4.78 is 5.25. The van der Waals surface area contributed by atoms with E-state index < -0.39 is 0 Å². The lowest BCUT2D eigenvalue weighted by Gasteiger charge is -2.29. The van der Waals surface area contributed by atoms with Gasteiger partial charge >= 0.3 is 0 Å². The first-order valence-electron chi connectivity index (χ1n) is 7.68. The minimum Gasteiger partial charge on any atom is -0.479 e. The van der Waals surface area contributed by atoms with Gasteiger partial charge in [0.25, 0.3) is 0 Å². The van der Waals surface area contributed by atoms with Crippen molar-refractivity contribution >= 4 is 5.69 Å². The molecular formula is C17H24N2O. The molecule has 0 aromatic heterocycles. The third kappa shape index (κ3) is 4.45. The first-order valence-corrected chi connectivity index (χ1v) is 7.68. The summed E-state index contributed by atoms with van der Waals surface area (Å²) in [7, 11) is 0. The molecule has 1 aromatic rings. The standard InChI is InChI=1S/C17H24N2O/c1-2-3-14-4-6-15(7-5-14)19-16-8-10-17(11-9-16)20-13-12-18/h8-11,14-15,19H,2-7,13H2,1H3. The van der Waals surface area contributed by atoms with Crippen LogP contribution in [0.3, 0.4) is 0 Å². The van der Waals surface area contributed by atoms with Crippen LogP contribution < -0.4 is 10.1 Å². The van der Waals surface area contributed by atoms with Crippen molar-refractivity contribution in [3.8, 4) is 11.8 Å². The molecule has 0 aliphatic heterocycles. The highest BCUT2D eigenvalue weighted by molar-refractivity contribution is 5.47. The Hall–Kier alpha value is -1.69. The molecule has 1 aliphatic rings. The molecule has 0 radical (unpaired) electrons. The summed E-state index contributed by atoms with van der Waals surface area (Å²) in [4.78, 5) is 0. The molecule has 0 saturated heterocycles. The van der Waals surface area contributed by atoms with Gasteiger partial charge < -0.3 is 10.1 Å². The van der Waals surface area contributed by atoms with Gasteiger partial charge in [0, 0.05) is 11.7 Å². The van der Waals surface area contributed by atoms with Crippen LogP contribution >= 0.6 is 0 Å². The van der Waals surface area contributed by atoms with Gasteiger partial charge in [0.2, 0.25) is 0 Å². The number of hydrogen-bond donors (Lipinski definition) is 1. The number of anilines is 1. The first kappa shape index (κ1) is 14.7. The normalized spacial score (nSPS) is 22.0. The molecule has 0 unspecified atom stereocenters. The minimum absolute atomic E-state index is 0.105. The van der Waals surface area contributed by atoms with Crippen molar-refractivity contribution in [1.29, 1.82) is 5.26 Å². The van der Waals surface area contributed by atoms with Crippen LogP contribution in [0.5, 0.6) is 5.75 Å². The van der Waals surface area contributed by atoms with Gasteiger partial charge in [-0.3, -0.25) is 0 Å². The van der Waals surface area contributed by atoms with Crippen molar-refractivity contribution in [1.82, 2.24) is 0 Å². The number of ether oxygens (including phenoxy) is 1. The van der Waals surface area contributed by atoms with Crippen molar-refractivity contribution in [3.05, 3.63) is 24.3 Å². The molecule has 1 N–H and O–H groups in total. The van der Waals surface area contributed by atoms with E-state index in [2.05, 4.69) is 12.2 Å². The minimum atomic E-state index is 0.105. The van der Waals surface area contributed by atoms with Crippen LogP contribution in [0.4, 0.5) is 5.69 Å². The summed E-state index contributed by atoms with van der Waals surface area (Å²) >= 11 is 0. The molecule has 0 atom stereocenters. The van der Waals surface area contributed by atoms with E-state index in [1.165, 1.54) is 38.5 Å². The smallest absolute Gasteiger partial charge is 0.174 e. The number of nitrogens with one attached hydrogen (secondary N) is 1. The lowest BCUT2D eigenvalue weighted by Crippen LogP contribution is -2.26. The van der Waals surface area contributed by atoms with Crippen molar-refractivity contribution in [2.75, 3.05) is 11.9 Å². The second-order valence-electron chi connectivity index (χ2n) is 5.62. The Kier molecular flexibility index (Phi) is 5.73. The van der Waals surface area contributed by atoms with Crippen LogP contribution in [0.15, 0.2) is 24.3 Å². The monoisotopic (exact) mass is 272 g/mol. The zero-order chi connectivity index (χ0) is 14.2. The summed E-state index contributed by atoms with van der Waals surface area (Å²) in [5.41, 5.74) is 1.15. The van der Waals surface area contributed by atoms with E-state index >= 15 is 0 Å². The Bertz CT molecular complexity index is 427. The van der Waals surface area contributed by atoms with Crippen LogP contribution in [0, 0.1) is 17.2 Å². The number of hydrogen-bond acceptors (Lipinski definition) is 3. The van der Waals surface area contributed by atoms with Crippen LogP contribution in [-0.2, 0) is 0 Å². The van der Waals surface area contributed by atoms with Crippen LogP contribution in [0.1, 0.15) is 45.4 Å². The number of benzene rings is 1. The average Bonchev–Trinajstić information content (AvgIpc) is 2.49. The largest absolute Gasteiger partial charge is 0.479 e. The predicted molar refractivity (Wildman–Crippen MR) is 81.8 cm³/mol. The molecule has 0 amide bonds. The predicted octanol–water partition coefficient (Wildman–Crippen LogP) is 4.36. The van der Waals surface area contributed by atoms with Gasteiger partial charge in [-0.15, -0.1) is 0 Å². The molecule has 20 heavy (non-hydrogen) atoms. The lowest BCUT2D eigenvalue weighted by molar-refractivity contribution is 0.319. The van der Waals surface area contributed by atoms with E-state index in [0.717, 1.165) is 17.4 Å². The van der Waals surface area contributed by atoms with Crippen LogP contribution in [0.25, 0.3) is 0 Å². The highest BCUT2D eigenvalue weighted by Gasteiger charge is 2.20. The fourth-order valence-corrected chi connectivity index (χ4v) is 3.00. The van der Waals surface area contributed by atoms with Crippen molar-refractivity contribution in [3.63, 3.8) is 0 Å². The Morgan fingerprint density at radius 3 is 2.50 bits per heavy atom. The van der Waals surface area contributed by atoms with Crippen molar-refractivity contribution < 1.29 is 4.74 Å². The van der Waals surface area contributed by atoms with Gasteiger partial charge in [-0.25, -0.2) is 0 Å². The quantitative estimate of drug-likeness (QED) is 0.836. The van der Waals surface area contributed by atoms with Gasteiger partial charge in [0.15, 0.2) is 6.61 Å². The third-order valence-electron chi connectivity index (χ3n) is 4.07. The molecule has 108 valence electrons. The average molecular weight is 272 g/mol. The number of rotatable bonds is 6. The third-order valence-corrected chi connectivity index (χ3v) is 4.07. The first-order chi connectivity index (χ1) is 9.81. The fraction of sp³-hybridized carbons (Fsp3) is 0.588. The molecular weight excluding hydrogens is 248 g/mol. The Morgan fingerprint density at radius 2 is 1.90 bits per heavy atom. The molecule has 1 fully saturated rings. The maximum atomic E-state index is 8.47. The van der Waals surface area contributed by atoms with Gasteiger partial charge in [0.05, 0.1) is 0 Å². The maximum absolute atomic E-state index is 8.47. The SMILES string of the molecule is CCCC1CCC(Nc2ccc(OCC#N)cc2)CC1. The summed E-state index contributed by atoms with van der Waals surface area (Å²) in [6.07, 6.45) is 7.96. The van der Waals surface area contributed by atoms with Crippen LogP contribution in [-0.4, -0.2) is 12.6 Å². The van der Waals surface area contributed by atoms with Crippen molar-refractivity contribution in [2.45, 2.75) is 51.5 Å². The molecule has 1 saturated carbocycles. The second kappa shape index (κ2) is 7.79. The molecule has 3 nitrogen and oxygen atoms in total.